The van der Waals surface area contributed by atoms with Gasteiger partial charge in [-0.05, 0) is 15.9 Å². The van der Waals surface area contributed by atoms with Crippen LogP contribution in [0.2, 0.25) is 0 Å². The minimum absolute atomic E-state index is 0.0259. The van der Waals surface area contributed by atoms with Crippen molar-refractivity contribution in [3.8, 4) is 5.88 Å². The van der Waals surface area contributed by atoms with E-state index >= 15 is 0 Å². The molecule has 13 heavy (non-hydrogen) atoms. The number of carbonyl (C=O) groups excluding carboxylic acids is 1. The number of hydrogen-bond donors (Lipinski definition) is 1. The number of halogens is 1. The Morgan fingerprint density at radius 2 is 2.46 bits per heavy atom. The lowest BCUT2D eigenvalue weighted by Gasteiger charge is -2.05. The normalized spacial score (nSPS) is 13.8. The second kappa shape index (κ2) is 2.99. The molecular weight excluding hydrogens is 236 g/mol. The Morgan fingerprint density at radius 3 is 3.15 bits per heavy atom. The lowest BCUT2D eigenvalue weighted by molar-refractivity contribution is -0.115. The summed E-state index contributed by atoms with van der Waals surface area (Å²) in [6, 6.07) is 0. The molecule has 4 nitrogen and oxygen atoms in total. The first-order valence-electron chi connectivity index (χ1n) is 3.73. The molecule has 1 aromatic heterocycles. The average Bonchev–Trinajstić information content (AvgIpc) is 2.48. The van der Waals surface area contributed by atoms with E-state index in [2.05, 4.69) is 26.2 Å². The highest BCUT2D eigenvalue weighted by atomic mass is 79.9. The zero-order chi connectivity index (χ0) is 9.42. The Balaban J connectivity index is 2.58. The Kier molecular flexibility index (Phi) is 1.95. The summed E-state index contributed by atoms with van der Waals surface area (Å²) in [4.78, 5) is 15.1. The third-order valence-corrected chi connectivity index (χ3v) is 2.58. The highest BCUT2D eigenvalue weighted by Gasteiger charge is 2.24. The molecule has 0 fully saturated rings. The summed E-state index contributed by atoms with van der Waals surface area (Å²) in [7, 11) is 1.53. The SMILES string of the molecule is COc1ncc(Br)c2c1NC(=O)C2. The molecule has 0 aliphatic carbocycles. The maximum Gasteiger partial charge on any atom is 0.237 e. The number of ether oxygens (including phenoxy) is 1. The summed E-state index contributed by atoms with van der Waals surface area (Å²) in [6.45, 7) is 0. The molecule has 1 amide bonds. The molecule has 0 bridgehead atoms. The molecule has 0 unspecified atom stereocenters. The molecule has 0 radical (unpaired) electrons. The van der Waals surface area contributed by atoms with Crippen molar-refractivity contribution in [1.82, 2.24) is 4.98 Å². The number of nitrogens with one attached hydrogen (secondary N) is 1. The molecule has 5 heteroatoms. The smallest absolute Gasteiger partial charge is 0.237 e. The maximum atomic E-state index is 11.1. The van der Waals surface area contributed by atoms with Gasteiger partial charge in [-0.25, -0.2) is 4.98 Å². The molecule has 0 spiro atoms. The number of amides is 1. The first kappa shape index (κ1) is 8.50. The maximum absolute atomic E-state index is 11.1. The fourth-order valence-corrected chi connectivity index (χ4v) is 1.75. The zero-order valence-corrected chi connectivity index (χ0v) is 8.51. The van der Waals surface area contributed by atoms with Crippen molar-refractivity contribution >= 4 is 27.5 Å². The molecule has 2 rings (SSSR count). The topological polar surface area (TPSA) is 51.2 Å². The number of rotatable bonds is 1. The van der Waals surface area contributed by atoms with E-state index in [9.17, 15) is 4.79 Å². The van der Waals surface area contributed by atoms with Gasteiger partial charge in [0, 0.05) is 16.2 Å². The third-order valence-electron chi connectivity index (χ3n) is 1.89. The van der Waals surface area contributed by atoms with Crippen LogP contribution in [0.4, 0.5) is 5.69 Å². The second-order valence-corrected chi connectivity index (χ2v) is 3.55. The Morgan fingerprint density at radius 1 is 1.69 bits per heavy atom. The second-order valence-electron chi connectivity index (χ2n) is 2.69. The molecule has 1 N–H and O–H groups in total. The predicted molar refractivity (Wildman–Crippen MR) is 50.8 cm³/mol. The highest BCUT2D eigenvalue weighted by Crippen LogP contribution is 2.35. The lowest BCUT2D eigenvalue weighted by Crippen LogP contribution is -2.04. The Labute approximate surface area is 83.4 Å². The number of aromatic nitrogens is 1. The lowest BCUT2D eigenvalue weighted by atomic mass is 10.2. The molecule has 0 saturated carbocycles. The van der Waals surface area contributed by atoms with E-state index in [0.29, 0.717) is 18.0 Å². The molecule has 0 atom stereocenters. The molecular formula is C8H7BrN2O2. The van der Waals surface area contributed by atoms with Crippen LogP contribution in [0, 0.1) is 0 Å². The molecule has 0 aromatic carbocycles. The monoisotopic (exact) mass is 242 g/mol. The summed E-state index contributed by atoms with van der Waals surface area (Å²) >= 11 is 3.33. The van der Waals surface area contributed by atoms with Crippen molar-refractivity contribution in [2.24, 2.45) is 0 Å². The van der Waals surface area contributed by atoms with Gasteiger partial charge in [-0.15, -0.1) is 0 Å². The largest absolute Gasteiger partial charge is 0.480 e. The first-order chi connectivity index (χ1) is 6.22. The van der Waals surface area contributed by atoms with E-state index in [-0.39, 0.29) is 5.91 Å². The standard InChI is InChI=1S/C8H7BrN2O2/c1-13-8-7-4(2-6(12)11-7)5(9)3-10-8/h3H,2H2,1H3,(H,11,12). The first-order valence-corrected chi connectivity index (χ1v) is 4.53. The zero-order valence-electron chi connectivity index (χ0n) is 6.93. The van der Waals surface area contributed by atoms with Crippen molar-refractivity contribution in [3.63, 3.8) is 0 Å². The molecule has 0 saturated heterocycles. The molecule has 1 aromatic rings. The van der Waals surface area contributed by atoms with E-state index in [4.69, 9.17) is 4.74 Å². The average molecular weight is 243 g/mol. The molecule has 2 heterocycles. The van der Waals surface area contributed by atoms with Crippen LogP contribution >= 0.6 is 15.9 Å². The number of hydrogen-bond acceptors (Lipinski definition) is 3. The van der Waals surface area contributed by atoms with E-state index in [1.807, 2.05) is 0 Å². The number of anilines is 1. The number of fused-ring (bicyclic) bond motifs is 1. The Hall–Kier alpha value is -1.10. The van der Waals surface area contributed by atoms with Gasteiger partial charge in [-0.3, -0.25) is 4.79 Å². The minimum Gasteiger partial charge on any atom is -0.480 e. The number of pyridine rings is 1. The number of carbonyl (C=O) groups is 1. The van der Waals surface area contributed by atoms with Crippen molar-refractivity contribution in [3.05, 3.63) is 16.2 Å². The fraction of sp³-hybridized carbons (Fsp3) is 0.250. The summed E-state index contributed by atoms with van der Waals surface area (Å²) < 4.78 is 5.85. The van der Waals surface area contributed by atoms with Crippen LogP contribution < -0.4 is 10.1 Å². The van der Waals surface area contributed by atoms with Crippen LogP contribution in [0.3, 0.4) is 0 Å². The number of methoxy groups -OCH3 is 1. The highest BCUT2D eigenvalue weighted by molar-refractivity contribution is 9.10. The van der Waals surface area contributed by atoms with E-state index in [0.717, 1.165) is 10.0 Å². The van der Waals surface area contributed by atoms with Gasteiger partial charge in [0.2, 0.25) is 11.8 Å². The quantitative estimate of drug-likeness (QED) is 0.809. The van der Waals surface area contributed by atoms with Gasteiger partial charge in [0.15, 0.2) is 0 Å². The molecule has 68 valence electrons. The summed E-state index contributed by atoms with van der Waals surface area (Å²) in [5, 5.41) is 2.70. The summed E-state index contributed by atoms with van der Waals surface area (Å²) in [6.07, 6.45) is 2.02. The van der Waals surface area contributed by atoms with Gasteiger partial charge in [-0.1, -0.05) is 0 Å². The minimum atomic E-state index is -0.0259. The molecule has 1 aliphatic heterocycles. The van der Waals surface area contributed by atoms with E-state index in [1.54, 1.807) is 6.20 Å². The van der Waals surface area contributed by atoms with Gasteiger partial charge >= 0.3 is 0 Å². The third kappa shape index (κ3) is 1.29. The fourth-order valence-electron chi connectivity index (χ4n) is 1.31. The van der Waals surface area contributed by atoms with Gasteiger partial charge in [0.1, 0.15) is 5.69 Å². The van der Waals surface area contributed by atoms with Crippen molar-refractivity contribution in [2.75, 3.05) is 12.4 Å². The Bertz CT molecular complexity index is 379. The van der Waals surface area contributed by atoms with Crippen LogP contribution in [0.5, 0.6) is 5.88 Å². The van der Waals surface area contributed by atoms with Crippen molar-refractivity contribution in [2.45, 2.75) is 6.42 Å². The summed E-state index contributed by atoms with van der Waals surface area (Å²) in [5.41, 5.74) is 1.60. The van der Waals surface area contributed by atoms with Gasteiger partial charge in [0.05, 0.1) is 13.5 Å². The van der Waals surface area contributed by atoms with Crippen LogP contribution in [0.1, 0.15) is 5.56 Å². The van der Waals surface area contributed by atoms with E-state index < -0.39 is 0 Å². The van der Waals surface area contributed by atoms with Gasteiger partial charge in [-0.2, -0.15) is 0 Å². The van der Waals surface area contributed by atoms with Crippen LogP contribution in [-0.4, -0.2) is 18.0 Å². The predicted octanol–water partition coefficient (Wildman–Crippen LogP) is 1.35. The van der Waals surface area contributed by atoms with Crippen LogP contribution in [-0.2, 0) is 11.2 Å². The van der Waals surface area contributed by atoms with Gasteiger partial charge in [0.25, 0.3) is 0 Å². The molecule has 1 aliphatic rings. The van der Waals surface area contributed by atoms with Gasteiger partial charge < -0.3 is 10.1 Å². The van der Waals surface area contributed by atoms with Crippen molar-refractivity contribution < 1.29 is 9.53 Å². The van der Waals surface area contributed by atoms with Crippen molar-refractivity contribution in [1.29, 1.82) is 0 Å². The summed E-state index contributed by atoms with van der Waals surface area (Å²) in [5.74, 6) is 0.436. The van der Waals surface area contributed by atoms with Crippen LogP contribution in [0.25, 0.3) is 0 Å². The van der Waals surface area contributed by atoms with E-state index in [1.165, 1.54) is 7.11 Å². The number of nitrogens with zero attached hydrogens (tertiary/aromatic N) is 1. The van der Waals surface area contributed by atoms with Crippen LogP contribution in [0.15, 0.2) is 10.7 Å².